The van der Waals surface area contributed by atoms with Crippen molar-refractivity contribution in [3.8, 4) is 22.6 Å². The molecule has 2 aromatic rings. The first-order valence-corrected chi connectivity index (χ1v) is 8.62. The van der Waals surface area contributed by atoms with Gasteiger partial charge in [-0.25, -0.2) is 9.59 Å². The van der Waals surface area contributed by atoms with Gasteiger partial charge in [-0.1, -0.05) is 49.6 Å². The van der Waals surface area contributed by atoms with E-state index in [2.05, 4.69) is 13.2 Å². The topological polar surface area (TPSA) is 71.1 Å². The first-order valence-electron chi connectivity index (χ1n) is 8.62. The number of carbonyl (C=O) groups is 2. The molecule has 0 spiro atoms. The maximum absolute atomic E-state index is 11.4. The van der Waals surface area contributed by atoms with Gasteiger partial charge in [0.05, 0.1) is 0 Å². The number of ether oxygens (including phenoxy) is 4. The molecule has 6 nitrogen and oxygen atoms in total. The molecule has 0 saturated heterocycles. The van der Waals surface area contributed by atoms with E-state index in [9.17, 15) is 9.59 Å². The summed E-state index contributed by atoms with van der Waals surface area (Å²) in [6.45, 7) is 9.94. The molecule has 6 heteroatoms. The Morgan fingerprint density at radius 3 is 1.46 bits per heavy atom. The Morgan fingerprint density at radius 1 is 0.750 bits per heavy atom. The van der Waals surface area contributed by atoms with E-state index < -0.39 is 24.5 Å². The molecule has 0 bridgehead atoms. The van der Waals surface area contributed by atoms with E-state index in [1.54, 1.807) is 38.1 Å². The van der Waals surface area contributed by atoms with E-state index in [1.807, 2.05) is 24.3 Å². The fourth-order valence-electron chi connectivity index (χ4n) is 2.41. The van der Waals surface area contributed by atoms with Gasteiger partial charge in [-0.15, -0.1) is 0 Å². The van der Waals surface area contributed by atoms with Gasteiger partial charge in [0.15, 0.2) is 0 Å². The average molecular weight is 382 g/mol. The molecular formula is C22H22O6. The van der Waals surface area contributed by atoms with Crippen LogP contribution in [0.3, 0.4) is 0 Å². The van der Waals surface area contributed by atoms with Gasteiger partial charge >= 0.3 is 11.9 Å². The number of rotatable bonds is 9. The van der Waals surface area contributed by atoms with Gasteiger partial charge < -0.3 is 18.9 Å². The van der Waals surface area contributed by atoms with Crippen LogP contribution in [0, 0.1) is 0 Å². The predicted molar refractivity (Wildman–Crippen MR) is 105 cm³/mol. The number of carbonyl (C=O) groups excluding carboxylic acids is 2. The number of para-hydroxylation sites is 2. The largest absolute Gasteiger partial charge is 0.454 e. The van der Waals surface area contributed by atoms with Crippen molar-refractivity contribution < 1.29 is 28.5 Å². The van der Waals surface area contributed by atoms with Crippen molar-refractivity contribution in [3.05, 3.63) is 73.8 Å². The lowest BCUT2D eigenvalue weighted by molar-refractivity contribution is -0.156. The van der Waals surface area contributed by atoms with Crippen molar-refractivity contribution in [2.24, 2.45) is 0 Å². The molecule has 146 valence electrons. The minimum absolute atomic E-state index is 0.499. The second-order valence-electron chi connectivity index (χ2n) is 5.65. The van der Waals surface area contributed by atoms with Crippen LogP contribution in [0.15, 0.2) is 73.8 Å². The second-order valence-corrected chi connectivity index (χ2v) is 5.65. The van der Waals surface area contributed by atoms with Gasteiger partial charge in [-0.3, -0.25) is 0 Å². The maximum Gasteiger partial charge on any atom is 0.333 e. The lowest BCUT2D eigenvalue weighted by atomic mass is 10.0. The molecule has 0 aromatic heterocycles. The Morgan fingerprint density at radius 2 is 1.11 bits per heavy atom. The quantitative estimate of drug-likeness (QED) is 0.367. The van der Waals surface area contributed by atoms with Crippen molar-refractivity contribution in [3.63, 3.8) is 0 Å². The molecule has 0 aliphatic rings. The zero-order valence-corrected chi connectivity index (χ0v) is 15.8. The third-order valence-electron chi connectivity index (χ3n) is 3.55. The molecule has 0 amide bonds. The van der Waals surface area contributed by atoms with Crippen LogP contribution in [0.5, 0.6) is 11.5 Å². The van der Waals surface area contributed by atoms with Crippen molar-refractivity contribution >= 4 is 11.9 Å². The SMILES string of the molecule is C=CC(=O)O[C@@H](C)Oc1ccccc1-c1ccccc1O[C@H](C)OC(=O)C=C. The summed E-state index contributed by atoms with van der Waals surface area (Å²) in [7, 11) is 0. The lowest BCUT2D eigenvalue weighted by Crippen LogP contribution is -2.20. The van der Waals surface area contributed by atoms with Gasteiger partial charge in [-0.05, 0) is 12.1 Å². The molecule has 0 saturated carbocycles. The zero-order chi connectivity index (χ0) is 20.5. The van der Waals surface area contributed by atoms with Crippen LogP contribution in [0.4, 0.5) is 0 Å². The van der Waals surface area contributed by atoms with E-state index in [0.29, 0.717) is 11.5 Å². The van der Waals surface area contributed by atoms with Gasteiger partial charge in [-0.2, -0.15) is 0 Å². The smallest absolute Gasteiger partial charge is 0.333 e. The highest BCUT2D eigenvalue weighted by Gasteiger charge is 2.17. The Hall–Kier alpha value is -3.54. The minimum Gasteiger partial charge on any atom is -0.454 e. The van der Waals surface area contributed by atoms with Crippen LogP contribution in [0.1, 0.15) is 13.8 Å². The van der Waals surface area contributed by atoms with Gasteiger partial charge in [0.1, 0.15) is 11.5 Å². The molecule has 0 aliphatic heterocycles. The van der Waals surface area contributed by atoms with Crippen molar-refractivity contribution in [2.45, 2.75) is 26.4 Å². The van der Waals surface area contributed by atoms with Crippen molar-refractivity contribution in [1.29, 1.82) is 0 Å². The number of esters is 2. The molecule has 0 heterocycles. The number of benzene rings is 2. The summed E-state index contributed by atoms with van der Waals surface area (Å²) in [6, 6.07) is 14.5. The minimum atomic E-state index is -0.813. The fourth-order valence-corrected chi connectivity index (χ4v) is 2.41. The van der Waals surface area contributed by atoms with E-state index in [4.69, 9.17) is 18.9 Å². The predicted octanol–water partition coefficient (Wildman–Crippen LogP) is 4.26. The van der Waals surface area contributed by atoms with Crippen molar-refractivity contribution in [1.82, 2.24) is 0 Å². The molecule has 0 unspecified atom stereocenters. The third-order valence-corrected chi connectivity index (χ3v) is 3.55. The first kappa shape index (κ1) is 20.8. The summed E-state index contributed by atoms with van der Waals surface area (Å²) in [6.07, 6.45) is 0.515. The second kappa shape index (κ2) is 9.97. The van der Waals surface area contributed by atoms with E-state index >= 15 is 0 Å². The molecule has 2 aromatic carbocycles. The molecule has 0 aliphatic carbocycles. The average Bonchev–Trinajstić information content (AvgIpc) is 2.68. The normalized spacial score (nSPS) is 12.2. The molecule has 2 atom stereocenters. The van der Waals surface area contributed by atoms with Crippen LogP contribution in [-0.2, 0) is 19.1 Å². The van der Waals surface area contributed by atoms with Gasteiger partial charge in [0.2, 0.25) is 12.6 Å². The number of hydrogen-bond acceptors (Lipinski definition) is 6. The van der Waals surface area contributed by atoms with Crippen LogP contribution in [0.2, 0.25) is 0 Å². The summed E-state index contributed by atoms with van der Waals surface area (Å²) >= 11 is 0. The monoisotopic (exact) mass is 382 g/mol. The highest BCUT2D eigenvalue weighted by Crippen LogP contribution is 2.37. The molecule has 0 fully saturated rings. The first-order chi connectivity index (χ1) is 13.4. The molecule has 0 N–H and O–H groups in total. The van der Waals surface area contributed by atoms with Gasteiger partial charge in [0.25, 0.3) is 0 Å². The Labute approximate surface area is 164 Å². The molecule has 28 heavy (non-hydrogen) atoms. The van der Waals surface area contributed by atoms with Crippen LogP contribution in [0.25, 0.3) is 11.1 Å². The third kappa shape index (κ3) is 5.74. The zero-order valence-electron chi connectivity index (χ0n) is 15.8. The standard InChI is InChI=1S/C22H22O6/c1-5-21(23)27-15(3)25-19-13-9-7-11-17(19)18-12-8-10-14-20(18)26-16(4)28-22(24)6-2/h5-16H,1-2H2,3-4H3/t15-,16-/m0/s1. The highest BCUT2D eigenvalue weighted by molar-refractivity contribution is 5.81. The summed E-state index contributed by atoms with van der Waals surface area (Å²) in [5.41, 5.74) is 1.45. The fraction of sp³-hybridized carbons (Fsp3) is 0.182. The van der Waals surface area contributed by atoms with Crippen LogP contribution >= 0.6 is 0 Å². The molecular weight excluding hydrogens is 360 g/mol. The summed E-state index contributed by atoms with van der Waals surface area (Å²) in [5.74, 6) is -0.157. The van der Waals surface area contributed by atoms with E-state index in [1.165, 1.54) is 0 Å². The van der Waals surface area contributed by atoms with E-state index in [-0.39, 0.29) is 0 Å². The Bertz CT molecular complexity index is 786. The summed E-state index contributed by atoms with van der Waals surface area (Å²) in [5, 5.41) is 0. The molecule has 2 rings (SSSR count). The number of hydrogen-bond donors (Lipinski definition) is 0. The van der Waals surface area contributed by atoms with Crippen LogP contribution in [-0.4, -0.2) is 24.5 Å². The Kier molecular flexibility index (Phi) is 7.39. The maximum atomic E-state index is 11.4. The van der Waals surface area contributed by atoms with Gasteiger partial charge in [0, 0.05) is 37.1 Å². The Balaban J connectivity index is 2.28. The van der Waals surface area contributed by atoms with Crippen LogP contribution < -0.4 is 9.47 Å². The van der Waals surface area contributed by atoms with Crippen molar-refractivity contribution in [2.75, 3.05) is 0 Å². The highest BCUT2D eigenvalue weighted by atomic mass is 16.7. The summed E-state index contributed by atoms with van der Waals surface area (Å²) < 4.78 is 21.7. The summed E-state index contributed by atoms with van der Waals surface area (Å²) in [4.78, 5) is 22.7. The lowest BCUT2D eigenvalue weighted by Gasteiger charge is -2.20. The van der Waals surface area contributed by atoms with E-state index in [0.717, 1.165) is 23.3 Å². The molecule has 0 radical (unpaired) electrons.